The van der Waals surface area contributed by atoms with Gasteiger partial charge in [0.1, 0.15) is 0 Å². The van der Waals surface area contributed by atoms with Gasteiger partial charge in [-0.05, 0) is 42.0 Å². The zero-order chi connectivity index (χ0) is 20.3. The van der Waals surface area contributed by atoms with E-state index in [0.29, 0.717) is 30.4 Å². The van der Waals surface area contributed by atoms with Crippen molar-refractivity contribution in [1.82, 2.24) is 4.90 Å². The van der Waals surface area contributed by atoms with Gasteiger partial charge in [0.15, 0.2) is 11.5 Å². The molecule has 0 radical (unpaired) electrons. The quantitative estimate of drug-likeness (QED) is 0.767. The average Bonchev–Trinajstić information content (AvgIpc) is 3.19. The van der Waals surface area contributed by atoms with Gasteiger partial charge in [-0.15, -0.1) is 0 Å². The van der Waals surface area contributed by atoms with Crippen molar-refractivity contribution in [1.29, 1.82) is 0 Å². The van der Waals surface area contributed by atoms with Crippen molar-refractivity contribution in [3.05, 3.63) is 23.3 Å². The molecule has 0 spiro atoms. The smallest absolute Gasteiger partial charge is 0.305 e. The molecule has 0 aromatic heterocycles. The summed E-state index contributed by atoms with van der Waals surface area (Å²) in [6, 6.07) is 3.27. The summed E-state index contributed by atoms with van der Waals surface area (Å²) in [5, 5.41) is 9.49. The van der Waals surface area contributed by atoms with Gasteiger partial charge in [-0.2, -0.15) is 0 Å². The molecule has 0 bridgehead atoms. The maximum Gasteiger partial charge on any atom is 0.305 e. The zero-order valence-electron chi connectivity index (χ0n) is 17.1. The van der Waals surface area contributed by atoms with Crippen LogP contribution >= 0.6 is 0 Å². The molecule has 6 nitrogen and oxygen atoms in total. The fourth-order valence-electron chi connectivity index (χ4n) is 4.81. The van der Waals surface area contributed by atoms with Crippen molar-refractivity contribution < 1.29 is 24.2 Å². The Balaban J connectivity index is 1.87. The average molecular weight is 389 g/mol. The van der Waals surface area contributed by atoms with Crippen molar-refractivity contribution in [3.63, 3.8) is 0 Å². The van der Waals surface area contributed by atoms with Crippen molar-refractivity contribution in [2.45, 2.75) is 57.9 Å². The first kappa shape index (κ1) is 20.5. The maximum atomic E-state index is 13.2. The Kier molecular flexibility index (Phi) is 6.47. The fourth-order valence-corrected chi connectivity index (χ4v) is 4.81. The van der Waals surface area contributed by atoms with E-state index in [-0.39, 0.29) is 18.2 Å². The fraction of sp³-hybridized carbons (Fsp3) is 0.636. The number of carboxylic acid groups (broad SMARTS) is 1. The van der Waals surface area contributed by atoms with E-state index in [9.17, 15) is 14.7 Å². The summed E-state index contributed by atoms with van der Waals surface area (Å²) >= 11 is 0. The molecule has 2 unspecified atom stereocenters. The standard InChI is InChI=1S/C22H31NO5/c1-14(10-15-6-4-5-7-15)22(26)23-9-8-16-11-19(27-2)20(28-3)12-17(16)18(23)13-21(24)25/h11-12,14-15,18H,4-10,13H2,1-3H3,(H,24,25). The summed E-state index contributed by atoms with van der Waals surface area (Å²) in [6.07, 6.45) is 6.40. The Morgan fingerprint density at radius 1 is 1.18 bits per heavy atom. The molecule has 1 saturated carbocycles. The maximum absolute atomic E-state index is 13.2. The third kappa shape index (κ3) is 4.26. The number of hydrogen-bond donors (Lipinski definition) is 1. The van der Waals surface area contributed by atoms with Crippen LogP contribution in [0.5, 0.6) is 11.5 Å². The molecule has 2 aliphatic rings. The van der Waals surface area contributed by atoms with Crippen LogP contribution in [0.25, 0.3) is 0 Å². The Bertz CT molecular complexity index is 726. The number of carbonyl (C=O) groups excluding carboxylic acids is 1. The van der Waals surface area contributed by atoms with Gasteiger partial charge >= 0.3 is 5.97 Å². The molecule has 0 saturated heterocycles. The van der Waals surface area contributed by atoms with Crippen LogP contribution in [0.1, 0.15) is 62.6 Å². The minimum Gasteiger partial charge on any atom is -0.493 e. The lowest BCUT2D eigenvalue weighted by Crippen LogP contribution is -2.43. The largest absolute Gasteiger partial charge is 0.493 e. The van der Waals surface area contributed by atoms with E-state index in [1.807, 2.05) is 19.1 Å². The summed E-state index contributed by atoms with van der Waals surface area (Å²) in [5.74, 6) is 0.890. The summed E-state index contributed by atoms with van der Waals surface area (Å²) in [4.78, 5) is 26.6. The van der Waals surface area contributed by atoms with Crippen LogP contribution in [0.4, 0.5) is 0 Å². The zero-order valence-corrected chi connectivity index (χ0v) is 17.1. The number of fused-ring (bicyclic) bond motifs is 1. The van der Waals surface area contributed by atoms with Crippen LogP contribution in [0.2, 0.25) is 0 Å². The predicted molar refractivity (Wildman–Crippen MR) is 106 cm³/mol. The molecule has 1 aliphatic heterocycles. The Labute approximate surface area is 166 Å². The second-order valence-corrected chi connectivity index (χ2v) is 8.09. The van der Waals surface area contributed by atoms with Crippen molar-refractivity contribution >= 4 is 11.9 Å². The minimum atomic E-state index is -0.908. The van der Waals surface area contributed by atoms with E-state index in [1.54, 1.807) is 19.1 Å². The van der Waals surface area contributed by atoms with E-state index in [4.69, 9.17) is 9.47 Å². The number of amides is 1. The summed E-state index contributed by atoms with van der Waals surface area (Å²) in [5.41, 5.74) is 1.88. The van der Waals surface area contributed by atoms with Gasteiger partial charge in [-0.1, -0.05) is 32.6 Å². The molecule has 1 amide bonds. The van der Waals surface area contributed by atoms with Gasteiger partial charge in [0.2, 0.25) is 5.91 Å². The molecule has 154 valence electrons. The van der Waals surface area contributed by atoms with E-state index in [2.05, 4.69) is 0 Å². The number of ether oxygens (including phenoxy) is 2. The normalized spacial score (nSPS) is 20.5. The third-order valence-corrected chi connectivity index (χ3v) is 6.24. The van der Waals surface area contributed by atoms with Crippen LogP contribution in [0.3, 0.4) is 0 Å². The molecule has 1 aromatic carbocycles. The Morgan fingerprint density at radius 2 is 1.82 bits per heavy atom. The number of methoxy groups -OCH3 is 2. The number of benzene rings is 1. The second-order valence-electron chi connectivity index (χ2n) is 8.09. The highest BCUT2D eigenvalue weighted by molar-refractivity contribution is 5.80. The van der Waals surface area contributed by atoms with Crippen molar-refractivity contribution in [2.75, 3.05) is 20.8 Å². The van der Waals surface area contributed by atoms with Gasteiger partial charge in [-0.25, -0.2) is 0 Å². The number of aliphatic carboxylic acids is 1. The van der Waals surface area contributed by atoms with E-state index in [0.717, 1.165) is 17.5 Å². The highest BCUT2D eigenvalue weighted by atomic mass is 16.5. The number of hydrogen-bond acceptors (Lipinski definition) is 4. The topological polar surface area (TPSA) is 76.1 Å². The molecule has 1 heterocycles. The first-order valence-electron chi connectivity index (χ1n) is 10.2. The monoisotopic (exact) mass is 389 g/mol. The molecule has 2 atom stereocenters. The molecule has 1 aliphatic carbocycles. The highest BCUT2D eigenvalue weighted by Gasteiger charge is 2.36. The molecule has 1 fully saturated rings. The van der Waals surface area contributed by atoms with Crippen LogP contribution < -0.4 is 9.47 Å². The van der Waals surface area contributed by atoms with Crippen LogP contribution in [0, 0.1) is 11.8 Å². The number of nitrogens with zero attached hydrogens (tertiary/aromatic N) is 1. The van der Waals surface area contributed by atoms with Gasteiger partial charge in [0, 0.05) is 12.5 Å². The lowest BCUT2D eigenvalue weighted by Gasteiger charge is -2.39. The summed E-state index contributed by atoms with van der Waals surface area (Å²) < 4.78 is 10.8. The molecule has 1 aromatic rings. The molecular formula is C22H31NO5. The van der Waals surface area contributed by atoms with E-state index >= 15 is 0 Å². The number of rotatable bonds is 7. The Morgan fingerprint density at radius 3 is 2.43 bits per heavy atom. The van der Waals surface area contributed by atoms with Gasteiger partial charge in [0.05, 0.1) is 26.7 Å². The van der Waals surface area contributed by atoms with Crippen LogP contribution in [-0.4, -0.2) is 42.6 Å². The molecule has 3 rings (SSSR count). The molecule has 28 heavy (non-hydrogen) atoms. The van der Waals surface area contributed by atoms with Gasteiger partial charge in [-0.3, -0.25) is 9.59 Å². The van der Waals surface area contributed by atoms with Gasteiger partial charge < -0.3 is 19.5 Å². The van der Waals surface area contributed by atoms with Gasteiger partial charge in [0.25, 0.3) is 0 Å². The third-order valence-electron chi connectivity index (χ3n) is 6.24. The molecular weight excluding hydrogens is 358 g/mol. The Hall–Kier alpha value is -2.24. The lowest BCUT2D eigenvalue weighted by molar-refractivity contribution is -0.143. The number of carbonyl (C=O) groups is 2. The molecule has 6 heteroatoms. The van der Waals surface area contributed by atoms with Crippen LogP contribution in [-0.2, 0) is 16.0 Å². The molecule has 1 N–H and O–H groups in total. The van der Waals surface area contributed by atoms with E-state index < -0.39 is 12.0 Å². The first-order valence-corrected chi connectivity index (χ1v) is 10.2. The first-order chi connectivity index (χ1) is 13.4. The summed E-state index contributed by atoms with van der Waals surface area (Å²) in [7, 11) is 3.15. The highest BCUT2D eigenvalue weighted by Crippen LogP contribution is 2.40. The summed E-state index contributed by atoms with van der Waals surface area (Å²) in [6.45, 7) is 2.52. The number of carboxylic acids is 1. The lowest BCUT2D eigenvalue weighted by atomic mass is 9.87. The van der Waals surface area contributed by atoms with Crippen molar-refractivity contribution in [3.8, 4) is 11.5 Å². The second kappa shape index (κ2) is 8.84. The van der Waals surface area contributed by atoms with Crippen LogP contribution in [0.15, 0.2) is 12.1 Å². The van der Waals surface area contributed by atoms with Crippen molar-refractivity contribution in [2.24, 2.45) is 11.8 Å². The van der Waals surface area contributed by atoms with E-state index in [1.165, 1.54) is 25.7 Å². The SMILES string of the molecule is COc1cc2c(cc1OC)C(CC(=O)O)N(C(=O)C(C)CC1CCCC1)CC2. The minimum absolute atomic E-state index is 0.0681. The predicted octanol–water partition coefficient (Wildman–Crippen LogP) is 3.82.